The van der Waals surface area contributed by atoms with Crippen LogP contribution in [0.15, 0.2) is 28.7 Å². The van der Waals surface area contributed by atoms with Crippen molar-refractivity contribution in [3.05, 3.63) is 34.3 Å². The summed E-state index contributed by atoms with van der Waals surface area (Å²) in [6, 6.07) is 7.55. The zero-order valence-electron chi connectivity index (χ0n) is 9.52. The molecule has 0 aliphatic carbocycles. The van der Waals surface area contributed by atoms with E-state index in [-0.39, 0.29) is 5.78 Å². The lowest BCUT2D eigenvalue weighted by atomic mass is 10.2. The van der Waals surface area contributed by atoms with Gasteiger partial charge in [-0.2, -0.15) is 11.8 Å². The molecule has 1 aromatic carbocycles. The maximum Gasteiger partial charge on any atom is 0.172 e. The molecule has 1 heterocycles. The second-order valence-corrected chi connectivity index (χ2v) is 6.03. The van der Waals surface area contributed by atoms with Gasteiger partial charge in [0.15, 0.2) is 5.78 Å². The molecule has 1 unspecified atom stereocenters. The Morgan fingerprint density at radius 3 is 3.12 bits per heavy atom. The quantitative estimate of drug-likeness (QED) is 0.778. The van der Waals surface area contributed by atoms with Gasteiger partial charge in [-0.25, -0.2) is 0 Å². The van der Waals surface area contributed by atoms with Crippen LogP contribution in [-0.2, 0) is 4.74 Å². The Labute approximate surface area is 114 Å². The smallest absolute Gasteiger partial charge is 0.172 e. The fourth-order valence-electron chi connectivity index (χ4n) is 1.80. The van der Waals surface area contributed by atoms with Crippen LogP contribution in [0.3, 0.4) is 0 Å². The van der Waals surface area contributed by atoms with Crippen molar-refractivity contribution in [2.75, 3.05) is 18.1 Å². The van der Waals surface area contributed by atoms with Gasteiger partial charge in [0, 0.05) is 22.4 Å². The van der Waals surface area contributed by atoms with Crippen LogP contribution in [0, 0.1) is 0 Å². The molecule has 2 nitrogen and oxygen atoms in total. The fourth-order valence-corrected chi connectivity index (χ4v) is 3.20. The third-order valence-electron chi connectivity index (χ3n) is 2.71. The third kappa shape index (κ3) is 4.12. The van der Waals surface area contributed by atoms with Crippen LogP contribution in [0.4, 0.5) is 0 Å². The van der Waals surface area contributed by atoms with Crippen molar-refractivity contribution < 1.29 is 9.53 Å². The predicted molar refractivity (Wildman–Crippen MR) is 74.8 cm³/mol. The zero-order chi connectivity index (χ0) is 12.1. The molecule has 0 radical (unpaired) electrons. The molecule has 0 N–H and O–H groups in total. The molecule has 1 aromatic rings. The van der Waals surface area contributed by atoms with Crippen LogP contribution in [0.25, 0.3) is 0 Å². The number of hydrogen-bond acceptors (Lipinski definition) is 3. The van der Waals surface area contributed by atoms with Gasteiger partial charge >= 0.3 is 0 Å². The van der Waals surface area contributed by atoms with Crippen molar-refractivity contribution >= 4 is 33.5 Å². The first-order chi connectivity index (χ1) is 8.25. The minimum atomic E-state index is 0.189. The summed E-state index contributed by atoms with van der Waals surface area (Å²) in [5.41, 5.74) is 0.777. The summed E-state index contributed by atoms with van der Waals surface area (Å²) in [5.74, 6) is 1.66. The standard InChI is InChI=1S/C13H15BrO2S/c14-11-4-1-3-10(7-11)13(15)9-17-8-12-5-2-6-16-12/h1,3-4,7,12H,2,5-6,8-9H2. The highest BCUT2D eigenvalue weighted by Gasteiger charge is 2.16. The van der Waals surface area contributed by atoms with E-state index in [1.54, 1.807) is 11.8 Å². The number of benzene rings is 1. The van der Waals surface area contributed by atoms with Gasteiger partial charge in [0.05, 0.1) is 11.9 Å². The predicted octanol–water partition coefficient (Wildman–Crippen LogP) is 3.54. The van der Waals surface area contributed by atoms with E-state index < -0.39 is 0 Å². The minimum Gasteiger partial charge on any atom is -0.377 e. The molecule has 0 bridgehead atoms. The lowest BCUT2D eigenvalue weighted by molar-refractivity contribution is 0.102. The number of Topliss-reactive ketones (excluding diaryl/α,β-unsaturated/α-hetero) is 1. The van der Waals surface area contributed by atoms with Crippen molar-refractivity contribution in [3.63, 3.8) is 0 Å². The van der Waals surface area contributed by atoms with Gasteiger partial charge in [-0.1, -0.05) is 28.1 Å². The minimum absolute atomic E-state index is 0.189. The molecule has 0 spiro atoms. The van der Waals surface area contributed by atoms with E-state index in [0.29, 0.717) is 11.9 Å². The molecule has 1 saturated heterocycles. The number of hydrogen-bond donors (Lipinski definition) is 0. The molecule has 0 saturated carbocycles. The Kier molecular flexibility index (Phi) is 5.07. The van der Waals surface area contributed by atoms with Crippen LogP contribution >= 0.6 is 27.7 Å². The van der Waals surface area contributed by atoms with E-state index in [2.05, 4.69) is 15.9 Å². The summed E-state index contributed by atoms with van der Waals surface area (Å²) in [7, 11) is 0. The molecule has 1 fully saturated rings. The van der Waals surface area contributed by atoms with Crippen molar-refractivity contribution in [2.24, 2.45) is 0 Å². The first kappa shape index (κ1) is 13.1. The Morgan fingerprint density at radius 2 is 2.41 bits per heavy atom. The van der Waals surface area contributed by atoms with Gasteiger partial charge in [-0.3, -0.25) is 4.79 Å². The van der Waals surface area contributed by atoms with Crippen LogP contribution in [0.1, 0.15) is 23.2 Å². The lowest BCUT2D eigenvalue weighted by Gasteiger charge is -2.08. The lowest BCUT2D eigenvalue weighted by Crippen LogP contribution is -2.11. The summed E-state index contributed by atoms with van der Waals surface area (Å²) in [6.07, 6.45) is 2.65. The molecule has 2 rings (SSSR count). The first-order valence-corrected chi connectivity index (χ1v) is 7.68. The SMILES string of the molecule is O=C(CSCC1CCCO1)c1cccc(Br)c1. The van der Waals surface area contributed by atoms with E-state index in [1.807, 2.05) is 24.3 Å². The zero-order valence-corrected chi connectivity index (χ0v) is 11.9. The molecule has 17 heavy (non-hydrogen) atoms. The van der Waals surface area contributed by atoms with Crippen molar-refractivity contribution in [1.82, 2.24) is 0 Å². The van der Waals surface area contributed by atoms with Crippen LogP contribution in [0.5, 0.6) is 0 Å². The molecule has 1 aliphatic rings. The van der Waals surface area contributed by atoms with Gasteiger partial charge in [-0.05, 0) is 25.0 Å². The van der Waals surface area contributed by atoms with Crippen molar-refractivity contribution in [2.45, 2.75) is 18.9 Å². The Bertz CT molecular complexity index is 389. The fraction of sp³-hybridized carbons (Fsp3) is 0.462. The van der Waals surface area contributed by atoms with E-state index >= 15 is 0 Å². The van der Waals surface area contributed by atoms with Crippen LogP contribution < -0.4 is 0 Å². The number of ether oxygens (including phenoxy) is 1. The monoisotopic (exact) mass is 314 g/mol. The molecule has 0 aromatic heterocycles. The Balaban J connectivity index is 1.77. The maximum absolute atomic E-state index is 11.9. The Hall–Kier alpha value is -0.320. The second kappa shape index (κ2) is 6.57. The molecule has 0 amide bonds. The number of carbonyl (C=O) groups is 1. The van der Waals surface area contributed by atoms with Crippen LogP contribution in [0.2, 0.25) is 0 Å². The van der Waals surface area contributed by atoms with Gasteiger partial charge in [0.25, 0.3) is 0 Å². The third-order valence-corrected chi connectivity index (χ3v) is 4.27. The Morgan fingerprint density at radius 1 is 1.53 bits per heavy atom. The molecule has 1 aliphatic heterocycles. The largest absolute Gasteiger partial charge is 0.377 e. The van der Waals surface area contributed by atoms with E-state index in [1.165, 1.54) is 0 Å². The number of carbonyl (C=O) groups excluding carboxylic acids is 1. The molecule has 92 valence electrons. The van der Waals surface area contributed by atoms with Crippen molar-refractivity contribution in [3.8, 4) is 0 Å². The number of rotatable bonds is 5. The highest BCUT2D eigenvalue weighted by atomic mass is 79.9. The van der Waals surface area contributed by atoms with Gasteiger partial charge in [-0.15, -0.1) is 0 Å². The normalized spacial score (nSPS) is 19.5. The highest BCUT2D eigenvalue weighted by Crippen LogP contribution is 2.19. The van der Waals surface area contributed by atoms with E-state index in [0.717, 1.165) is 35.2 Å². The summed E-state index contributed by atoms with van der Waals surface area (Å²) >= 11 is 5.04. The summed E-state index contributed by atoms with van der Waals surface area (Å²) in [4.78, 5) is 11.9. The summed E-state index contributed by atoms with van der Waals surface area (Å²) in [6.45, 7) is 0.880. The average molecular weight is 315 g/mol. The number of halogens is 1. The average Bonchev–Trinajstić information content (AvgIpc) is 2.82. The van der Waals surface area contributed by atoms with Gasteiger partial charge in [0.1, 0.15) is 0 Å². The number of thioether (sulfide) groups is 1. The van der Waals surface area contributed by atoms with E-state index in [9.17, 15) is 4.79 Å². The number of ketones is 1. The summed E-state index contributed by atoms with van der Waals surface area (Å²) in [5, 5.41) is 0. The van der Waals surface area contributed by atoms with Gasteiger partial charge < -0.3 is 4.74 Å². The van der Waals surface area contributed by atoms with Crippen LogP contribution in [-0.4, -0.2) is 30.0 Å². The van der Waals surface area contributed by atoms with E-state index in [4.69, 9.17) is 4.74 Å². The summed E-state index contributed by atoms with van der Waals surface area (Å²) < 4.78 is 6.47. The molecular weight excluding hydrogens is 300 g/mol. The topological polar surface area (TPSA) is 26.3 Å². The van der Waals surface area contributed by atoms with Gasteiger partial charge in [0.2, 0.25) is 0 Å². The first-order valence-electron chi connectivity index (χ1n) is 5.74. The second-order valence-electron chi connectivity index (χ2n) is 4.08. The molecular formula is C13H15BrO2S. The van der Waals surface area contributed by atoms with Crippen molar-refractivity contribution in [1.29, 1.82) is 0 Å². The maximum atomic E-state index is 11.9. The molecule has 4 heteroatoms. The highest BCUT2D eigenvalue weighted by molar-refractivity contribution is 9.10. The molecule has 1 atom stereocenters.